The number of allylic oxidation sites excluding steroid dienone is 1. The number of hydrogen-bond donors (Lipinski definition) is 2. The van der Waals surface area contributed by atoms with E-state index in [1.807, 2.05) is 18.2 Å². The highest BCUT2D eigenvalue weighted by Crippen LogP contribution is 2.34. The highest BCUT2D eigenvalue weighted by atomic mass is 16.5. The summed E-state index contributed by atoms with van der Waals surface area (Å²) in [6.45, 7) is 2.30. The normalized spacial score (nSPS) is 16.9. The SMILES string of the molecule is COc1ccc(Cn2c(CCc3ccccc3)nnc2[C@@H](CC2=CCc3ccccc32)NC(=O)[C@H]2CCCNC2)cc1. The van der Waals surface area contributed by atoms with Crippen molar-refractivity contribution in [2.75, 3.05) is 20.2 Å². The van der Waals surface area contributed by atoms with Crippen LogP contribution in [-0.2, 0) is 30.6 Å². The maximum atomic E-state index is 13.6. The number of benzene rings is 3. The fourth-order valence-electron chi connectivity index (χ4n) is 6.12. The molecule has 1 aliphatic heterocycles. The molecule has 1 amide bonds. The van der Waals surface area contributed by atoms with Crippen molar-refractivity contribution in [3.63, 3.8) is 0 Å². The van der Waals surface area contributed by atoms with E-state index in [9.17, 15) is 4.79 Å². The van der Waals surface area contributed by atoms with Gasteiger partial charge in [0, 0.05) is 19.4 Å². The van der Waals surface area contributed by atoms with Gasteiger partial charge >= 0.3 is 0 Å². The standard InChI is InChI=1S/C35H39N5O2/c1-42-30-18-13-26(14-19-30)24-40-33(20-15-25-8-3-2-4-9-25)38-39-34(40)32(37-35(41)29-11-7-21-36-23-29)22-28-17-16-27-10-5-6-12-31(27)28/h2-6,8-10,12-14,17-19,29,32,36H,7,11,15-16,20-24H2,1H3,(H,37,41)/t29-,32+/m0/s1. The highest BCUT2D eigenvalue weighted by Gasteiger charge is 2.29. The minimum absolute atomic E-state index is 0.0402. The number of carbonyl (C=O) groups excluding carboxylic acids is 1. The molecule has 0 radical (unpaired) electrons. The van der Waals surface area contributed by atoms with E-state index in [0.717, 1.165) is 61.6 Å². The summed E-state index contributed by atoms with van der Waals surface area (Å²) in [7, 11) is 1.68. The summed E-state index contributed by atoms with van der Waals surface area (Å²) in [6, 6.07) is 26.9. The van der Waals surface area contributed by atoms with Gasteiger partial charge in [-0.25, -0.2) is 0 Å². The van der Waals surface area contributed by atoms with Gasteiger partial charge in [-0.3, -0.25) is 4.79 Å². The molecule has 216 valence electrons. The monoisotopic (exact) mass is 561 g/mol. The average molecular weight is 562 g/mol. The molecular formula is C35H39N5O2. The van der Waals surface area contributed by atoms with Crippen LogP contribution in [0.1, 0.15) is 59.2 Å². The third-order valence-corrected chi connectivity index (χ3v) is 8.49. The number of aromatic nitrogens is 3. The highest BCUT2D eigenvalue weighted by molar-refractivity contribution is 5.80. The van der Waals surface area contributed by atoms with Crippen molar-refractivity contribution in [1.29, 1.82) is 0 Å². The molecule has 7 nitrogen and oxygen atoms in total. The van der Waals surface area contributed by atoms with Crippen molar-refractivity contribution in [2.24, 2.45) is 5.92 Å². The Morgan fingerprint density at radius 2 is 1.81 bits per heavy atom. The average Bonchev–Trinajstić information content (AvgIpc) is 3.64. The molecule has 2 N–H and O–H groups in total. The predicted molar refractivity (Wildman–Crippen MR) is 165 cm³/mol. The molecule has 1 saturated heterocycles. The smallest absolute Gasteiger partial charge is 0.224 e. The van der Waals surface area contributed by atoms with Crippen LogP contribution in [0.15, 0.2) is 84.9 Å². The van der Waals surface area contributed by atoms with Gasteiger partial charge in [-0.15, -0.1) is 10.2 Å². The number of fused-ring (bicyclic) bond motifs is 1. The Bertz CT molecular complexity index is 1520. The minimum Gasteiger partial charge on any atom is -0.497 e. The molecular weight excluding hydrogens is 522 g/mol. The maximum absolute atomic E-state index is 13.6. The lowest BCUT2D eigenvalue weighted by molar-refractivity contribution is -0.126. The summed E-state index contributed by atoms with van der Waals surface area (Å²) in [4.78, 5) is 13.6. The van der Waals surface area contributed by atoms with E-state index in [1.54, 1.807) is 7.11 Å². The Morgan fingerprint density at radius 3 is 2.60 bits per heavy atom. The number of methoxy groups -OCH3 is 1. The molecule has 2 aliphatic rings. The summed E-state index contributed by atoms with van der Waals surface area (Å²) in [5.74, 6) is 2.59. The fraction of sp³-hybridized carbons (Fsp3) is 0.343. The number of amides is 1. The number of nitrogens with zero attached hydrogens (tertiary/aromatic N) is 3. The van der Waals surface area contributed by atoms with Gasteiger partial charge in [0.1, 0.15) is 11.6 Å². The van der Waals surface area contributed by atoms with Crippen LogP contribution < -0.4 is 15.4 Å². The van der Waals surface area contributed by atoms with E-state index in [1.165, 1.54) is 22.3 Å². The van der Waals surface area contributed by atoms with E-state index in [-0.39, 0.29) is 17.9 Å². The maximum Gasteiger partial charge on any atom is 0.224 e. The van der Waals surface area contributed by atoms with Crippen molar-refractivity contribution in [1.82, 2.24) is 25.4 Å². The molecule has 7 heteroatoms. The number of nitrogens with one attached hydrogen (secondary N) is 2. The lowest BCUT2D eigenvalue weighted by Gasteiger charge is -2.26. The number of rotatable bonds is 11. The van der Waals surface area contributed by atoms with Crippen molar-refractivity contribution in [3.05, 3.63) is 119 Å². The zero-order valence-electron chi connectivity index (χ0n) is 24.3. The van der Waals surface area contributed by atoms with Crippen molar-refractivity contribution < 1.29 is 9.53 Å². The summed E-state index contributed by atoms with van der Waals surface area (Å²) in [6.07, 6.45) is 7.42. The lowest BCUT2D eigenvalue weighted by atomic mass is 9.96. The molecule has 6 rings (SSSR count). The van der Waals surface area contributed by atoms with Crippen LogP contribution in [-0.4, -0.2) is 40.9 Å². The molecule has 0 bridgehead atoms. The predicted octanol–water partition coefficient (Wildman–Crippen LogP) is 5.31. The van der Waals surface area contributed by atoms with Crippen LogP contribution in [0.4, 0.5) is 0 Å². The van der Waals surface area contributed by atoms with Crippen LogP contribution >= 0.6 is 0 Å². The second-order valence-corrected chi connectivity index (χ2v) is 11.3. The number of carbonyl (C=O) groups is 1. The Labute approximate surface area is 248 Å². The third-order valence-electron chi connectivity index (χ3n) is 8.49. The molecule has 2 heterocycles. The Kier molecular flexibility index (Phi) is 8.75. The largest absolute Gasteiger partial charge is 0.497 e. The summed E-state index contributed by atoms with van der Waals surface area (Å²) < 4.78 is 7.61. The Morgan fingerprint density at radius 1 is 1.00 bits per heavy atom. The van der Waals surface area contributed by atoms with Crippen molar-refractivity contribution in [2.45, 2.75) is 51.1 Å². The molecule has 42 heavy (non-hydrogen) atoms. The van der Waals surface area contributed by atoms with E-state index >= 15 is 0 Å². The molecule has 0 saturated carbocycles. The van der Waals surface area contributed by atoms with Gasteiger partial charge in [0.15, 0.2) is 5.82 Å². The first kappa shape index (κ1) is 27.9. The fourth-order valence-corrected chi connectivity index (χ4v) is 6.12. The minimum atomic E-state index is -0.298. The van der Waals surface area contributed by atoms with Gasteiger partial charge < -0.3 is 19.9 Å². The van der Waals surface area contributed by atoms with Gasteiger partial charge in [0.05, 0.1) is 25.6 Å². The van der Waals surface area contributed by atoms with E-state index < -0.39 is 0 Å². The molecule has 1 fully saturated rings. The van der Waals surface area contributed by atoms with E-state index in [4.69, 9.17) is 14.9 Å². The number of piperidine rings is 1. The lowest BCUT2D eigenvalue weighted by Crippen LogP contribution is -2.42. The van der Waals surface area contributed by atoms with Gasteiger partial charge in [-0.1, -0.05) is 72.8 Å². The van der Waals surface area contributed by atoms with Gasteiger partial charge in [0.2, 0.25) is 5.91 Å². The number of hydrogen-bond acceptors (Lipinski definition) is 5. The van der Waals surface area contributed by atoms with E-state index in [2.05, 4.69) is 81.9 Å². The molecule has 2 atom stereocenters. The number of aryl methyl sites for hydroxylation is 2. The second-order valence-electron chi connectivity index (χ2n) is 11.3. The van der Waals surface area contributed by atoms with Crippen molar-refractivity contribution in [3.8, 4) is 5.75 Å². The Balaban J connectivity index is 1.34. The first-order valence-corrected chi connectivity index (χ1v) is 15.0. The Hall–Kier alpha value is -4.23. The number of ether oxygens (including phenoxy) is 1. The summed E-state index contributed by atoms with van der Waals surface area (Å²) in [5.41, 5.74) is 6.24. The zero-order chi connectivity index (χ0) is 28.7. The molecule has 0 unspecified atom stereocenters. The van der Waals surface area contributed by atoms with Gasteiger partial charge in [0.25, 0.3) is 0 Å². The van der Waals surface area contributed by atoms with E-state index in [0.29, 0.717) is 19.5 Å². The van der Waals surface area contributed by atoms with Gasteiger partial charge in [-0.2, -0.15) is 0 Å². The first-order chi connectivity index (χ1) is 20.7. The van der Waals surface area contributed by atoms with Crippen LogP contribution in [0.3, 0.4) is 0 Å². The molecule has 1 aliphatic carbocycles. The molecule has 0 spiro atoms. The first-order valence-electron chi connectivity index (χ1n) is 15.0. The van der Waals surface area contributed by atoms with Crippen LogP contribution in [0.2, 0.25) is 0 Å². The second kappa shape index (κ2) is 13.2. The van der Waals surface area contributed by atoms with Crippen molar-refractivity contribution >= 4 is 11.5 Å². The third kappa shape index (κ3) is 6.47. The molecule has 4 aromatic rings. The summed E-state index contributed by atoms with van der Waals surface area (Å²) in [5, 5.41) is 16.3. The van der Waals surface area contributed by atoms with Gasteiger partial charge in [-0.05, 0) is 72.2 Å². The van der Waals surface area contributed by atoms with Crippen LogP contribution in [0, 0.1) is 5.92 Å². The molecule has 3 aromatic carbocycles. The zero-order valence-corrected chi connectivity index (χ0v) is 24.3. The summed E-state index contributed by atoms with van der Waals surface area (Å²) >= 11 is 0. The van der Waals surface area contributed by atoms with Crippen LogP contribution in [0.25, 0.3) is 5.57 Å². The topological polar surface area (TPSA) is 81.1 Å². The quantitative estimate of drug-likeness (QED) is 0.260. The van der Waals surface area contributed by atoms with Crippen LogP contribution in [0.5, 0.6) is 5.75 Å². The molecule has 1 aromatic heterocycles.